The van der Waals surface area contributed by atoms with Gasteiger partial charge in [0.15, 0.2) is 5.16 Å². The lowest BCUT2D eigenvalue weighted by molar-refractivity contribution is -0.117. The molecule has 156 valence electrons. The van der Waals surface area contributed by atoms with Crippen LogP contribution >= 0.6 is 11.8 Å². The summed E-state index contributed by atoms with van der Waals surface area (Å²) in [7, 11) is 0. The molecule has 0 saturated carbocycles. The normalized spacial score (nSPS) is 14.3. The lowest BCUT2D eigenvalue weighted by Crippen LogP contribution is -2.35. The van der Waals surface area contributed by atoms with Gasteiger partial charge in [0.05, 0.1) is 16.2 Å². The molecule has 3 aromatic rings. The Kier molecular flexibility index (Phi) is 5.95. The summed E-state index contributed by atoms with van der Waals surface area (Å²) in [5.74, 6) is 0.532. The highest BCUT2D eigenvalue weighted by molar-refractivity contribution is 8.00. The van der Waals surface area contributed by atoms with Crippen LogP contribution in [0, 0.1) is 5.92 Å². The molecule has 1 unspecified atom stereocenters. The molecule has 5 nitrogen and oxygen atoms in total. The number of hydrogen-bond acceptors (Lipinski definition) is 4. The highest BCUT2D eigenvalue weighted by Crippen LogP contribution is 2.31. The summed E-state index contributed by atoms with van der Waals surface area (Å²) >= 11 is 1.38. The highest BCUT2D eigenvalue weighted by Gasteiger charge is 2.29. The van der Waals surface area contributed by atoms with Crippen molar-refractivity contribution in [2.24, 2.45) is 5.92 Å². The van der Waals surface area contributed by atoms with Crippen molar-refractivity contribution in [3.63, 3.8) is 0 Å². The molecule has 2 heterocycles. The molecule has 4 rings (SSSR count). The second kappa shape index (κ2) is 8.64. The summed E-state index contributed by atoms with van der Waals surface area (Å²) in [5, 5.41) is 0.903. The molecule has 6 heteroatoms. The van der Waals surface area contributed by atoms with E-state index in [-0.39, 0.29) is 16.7 Å². The number of anilines is 1. The van der Waals surface area contributed by atoms with Crippen molar-refractivity contribution >= 4 is 34.3 Å². The molecule has 1 atom stereocenters. The quantitative estimate of drug-likeness (QED) is 0.434. The Morgan fingerprint density at radius 3 is 2.63 bits per heavy atom. The summed E-state index contributed by atoms with van der Waals surface area (Å²) < 4.78 is 1.74. The molecule has 1 aliphatic heterocycles. The fourth-order valence-electron chi connectivity index (χ4n) is 3.82. The number of rotatable bonds is 6. The third-order valence-corrected chi connectivity index (χ3v) is 6.62. The Labute approximate surface area is 181 Å². The first-order valence-corrected chi connectivity index (χ1v) is 11.4. The minimum atomic E-state index is -0.338. The topological polar surface area (TPSA) is 55.2 Å². The van der Waals surface area contributed by atoms with Crippen LogP contribution in [0.1, 0.15) is 32.8 Å². The fourth-order valence-corrected chi connectivity index (χ4v) is 4.81. The molecular weight excluding hydrogens is 394 g/mol. The molecule has 1 aromatic heterocycles. The minimum absolute atomic E-state index is 0.0325. The van der Waals surface area contributed by atoms with Crippen molar-refractivity contribution in [1.82, 2.24) is 9.55 Å². The van der Waals surface area contributed by atoms with E-state index < -0.39 is 0 Å². The Balaban J connectivity index is 1.64. The number of para-hydroxylation sites is 2. The number of fused-ring (bicyclic) bond motifs is 2. The Hall–Kier alpha value is -2.60. The lowest BCUT2D eigenvalue weighted by atomic mass is 10.1. The number of aromatic nitrogens is 2. The SMILES string of the molecule is CC(C)CCn1c(SC(C)C(=O)N2CCc3ccccc32)nc2ccccc2c1=O. The first kappa shape index (κ1) is 20.7. The van der Waals surface area contributed by atoms with Gasteiger partial charge in [-0.3, -0.25) is 14.2 Å². The standard InChI is InChI=1S/C24H27N3O2S/c1-16(2)12-14-27-23(29)19-9-5-6-10-20(19)25-24(27)30-17(3)22(28)26-15-13-18-8-4-7-11-21(18)26/h4-11,16-17H,12-15H2,1-3H3. The third kappa shape index (κ3) is 4.01. The monoisotopic (exact) mass is 421 g/mol. The van der Waals surface area contributed by atoms with Crippen molar-refractivity contribution in [2.45, 2.75) is 50.6 Å². The highest BCUT2D eigenvalue weighted by atomic mass is 32.2. The average Bonchev–Trinajstić information content (AvgIpc) is 3.17. The molecular formula is C24H27N3O2S. The van der Waals surface area contributed by atoms with Crippen molar-refractivity contribution in [1.29, 1.82) is 0 Å². The molecule has 1 amide bonds. The van der Waals surface area contributed by atoms with Gasteiger partial charge in [-0.1, -0.05) is 55.9 Å². The number of thioether (sulfide) groups is 1. The number of benzene rings is 2. The van der Waals surface area contributed by atoms with Crippen LogP contribution in [0.4, 0.5) is 5.69 Å². The van der Waals surface area contributed by atoms with Gasteiger partial charge in [-0.25, -0.2) is 4.98 Å². The first-order chi connectivity index (χ1) is 14.5. The van der Waals surface area contributed by atoms with Crippen molar-refractivity contribution in [3.8, 4) is 0 Å². The van der Waals surface area contributed by atoms with Crippen LogP contribution in [0.3, 0.4) is 0 Å². The Morgan fingerprint density at radius 2 is 1.83 bits per heavy atom. The molecule has 0 radical (unpaired) electrons. The van der Waals surface area contributed by atoms with E-state index in [0.29, 0.717) is 35.1 Å². The smallest absolute Gasteiger partial charge is 0.262 e. The Bertz CT molecular complexity index is 1140. The zero-order valence-corrected chi connectivity index (χ0v) is 18.5. The van der Waals surface area contributed by atoms with E-state index in [1.165, 1.54) is 17.3 Å². The molecule has 30 heavy (non-hydrogen) atoms. The molecule has 0 N–H and O–H groups in total. The van der Waals surface area contributed by atoms with Gasteiger partial charge in [-0.15, -0.1) is 0 Å². The minimum Gasteiger partial charge on any atom is -0.311 e. The zero-order chi connectivity index (χ0) is 21.3. The van der Waals surface area contributed by atoms with E-state index in [9.17, 15) is 9.59 Å². The summed E-state index contributed by atoms with van der Waals surface area (Å²) in [6.45, 7) is 7.49. The van der Waals surface area contributed by atoms with Crippen molar-refractivity contribution < 1.29 is 4.79 Å². The molecule has 2 aromatic carbocycles. The van der Waals surface area contributed by atoms with E-state index >= 15 is 0 Å². The summed E-state index contributed by atoms with van der Waals surface area (Å²) in [6, 6.07) is 15.5. The van der Waals surface area contributed by atoms with Gasteiger partial charge in [0.2, 0.25) is 5.91 Å². The molecule has 0 spiro atoms. The Morgan fingerprint density at radius 1 is 1.10 bits per heavy atom. The summed E-state index contributed by atoms with van der Waals surface area (Å²) in [5.41, 5.74) is 2.85. The third-order valence-electron chi connectivity index (χ3n) is 5.54. The second-order valence-corrected chi connectivity index (χ2v) is 9.49. The van der Waals surface area contributed by atoms with Crippen molar-refractivity contribution in [3.05, 3.63) is 64.4 Å². The van der Waals surface area contributed by atoms with E-state index in [2.05, 4.69) is 19.9 Å². The number of carbonyl (C=O) groups is 1. The predicted octanol–water partition coefficient (Wildman–Crippen LogP) is 4.51. The van der Waals surface area contributed by atoms with Crippen LogP contribution in [-0.4, -0.2) is 27.3 Å². The van der Waals surface area contributed by atoms with Crippen LogP contribution in [0.5, 0.6) is 0 Å². The molecule has 0 fully saturated rings. The van der Waals surface area contributed by atoms with Gasteiger partial charge in [0.1, 0.15) is 0 Å². The summed E-state index contributed by atoms with van der Waals surface area (Å²) in [4.78, 5) is 33.0. The largest absolute Gasteiger partial charge is 0.311 e. The number of nitrogens with zero attached hydrogens (tertiary/aromatic N) is 3. The second-order valence-electron chi connectivity index (χ2n) is 8.18. The van der Waals surface area contributed by atoms with Gasteiger partial charge in [-0.2, -0.15) is 0 Å². The molecule has 0 bridgehead atoms. The van der Waals surface area contributed by atoms with Gasteiger partial charge < -0.3 is 4.90 Å². The van der Waals surface area contributed by atoms with Crippen LogP contribution < -0.4 is 10.5 Å². The van der Waals surface area contributed by atoms with E-state index in [1.807, 2.05) is 54.3 Å². The van der Waals surface area contributed by atoms with Gasteiger partial charge in [0, 0.05) is 18.8 Å². The molecule has 0 aliphatic carbocycles. The molecule has 0 saturated heterocycles. The average molecular weight is 422 g/mol. The van der Waals surface area contributed by atoms with E-state index in [0.717, 1.165) is 18.5 Å². The maximum atomic E-state index is 13.2. The van der Waals surface area contributed by atoms with Crippen LogP contribution in [-0.2, 0) is 17.8 Å². The maximum Gasteiger partial charge on any atom is 0.262 e. The number of amides is 1. The van der Waals surface area contributed by atoms with Crippen LogP contribution in [0.15, 0.2) is 58.5 Å². The van der Waals surface area contributed by atoms with Gasteiger partial charge in [-0.05, 0) is 49.4 Å². The number of carbonyl (C=O) groups excluding carboxylic acids is 1. The zero-order valence-electron chi connectivity index (χ0n) is 17.7. The predicted molar refractivity (Wildman–Crippen MR) is 123 cm³/mol. The maximum absolute atomic E-state index is 13.2. The number of hydrogen-bond donors (Lipinski definition) is 0. The van der Waals surface area contributed by atoms with Crippen molar-refractivity contribution in [2.75, 3.05) is 11.4 Å². The lowest BCUT2D eigenvalue weighted by Gasteiger charge is -2.22. The van der Waals surface area contributed by atoms with E-state index in [4.69, 9.17) is 4.98 Å². The fraction of sp³-hybridized carbons (Fsp3) is 0.375. The first-order valence-electron chi connectivity index (χ1n) is 10.5. The van der Waals surface area contributed by atoms with E-state index in [1.54, 1.807) is 4.57 Å². The summed E-state index contributed by atoms with van der Waals surface area (Å²) in [6.07, 6.45) is 1.77. The van der Waals surface area contributed by atoms with Gasteiger partial charge in [0.25, 0.3) is 5.56 Å². The van der Waals surface area contributed by atoms with Crippen LogP contribution in [0.25, 0.3) is 10.9 Å². The van der Waals surface area contributed by atoms with Gasteiger partial charge >= 0.3 is 0 Å². The van der Waals surface area contributed by atoms with Crippen LogP contribution in [0.2, 0.25) is 0 Å². The molecule has 1 aliphatic rings.